The van der Waals surface area contributed by atoms with Crippen LogP contribution in [0.15, 0.2) is 10.6 Å². The van der Waals surface area contributed by atoms with Gasteiger partial charge in [0.2, 0.25) is 0 Å². The minimum absolute atomic E-state index is 0.188. The predicted molar refractivity (Wildman–Crippen MR) is 26.0 cm³/mol. The van der Waals surface area contributed by atoms with Gasteiger partial charge in [0.15, 0.2) is 0 Å². The normalized spacial score (nSPS) is 9.75. The van der Waals surface area contributed by atoms with E-state index in [9.17, 15) is 4.39 Å². The van der Waals surface area contributed by atoms with Gasteiger partial charge in [-0.1, -0.05) is 5.16 Å². The van der Waals surface area contributed by atoms with E-state index in [0.717, 1.165) is 6.07 Å². The Balaban J connectivity index is 2.84. The minimum atomic E-state index is -0.694. The van der Waals surface area contributed by atoms with E-state index >= 15 is 0 Å². The lowest BCUT2D eigenvalue weighted by atomic mass is 10.5. The van der Waals surface area contributed by atoms with E-state index < -0.39 is 6.01 Å². The summed E-state index contributed by atoms with van der Waals surface area (Å²) in [5.41, 5.74) is 0.421. The van der Waals surface area contributed by atoms with Gasteiger partial charge in [0.05, 0.1) is 5.88 Å². The molecule has 4 heteroatoms. The zero-order chi connectivity index (χ0) is 5.98. The number of halogens is 2. The Morgan fingerprint density at radius 3 is 2.88 bits per heavy atom. The van der Waals surface area contributed by atoms with E-state index in [1.165, 1.54) is 0 Å². The Morgan fingerprint density at radius 2 is 2.62 bits per heavy atom. The van der Waals surface area contributed by atoms with Crippen LogP contribution < -0.4 is 0 Å². The van der Waals surface area contributed by atoms with Crippen LogP contribution >= 0.6 is 11.6 Å². The molecule has 1 rings (SSSR count). The fourth-order valence-electron chi connectivity index (χ4n) is 0.349. The highest BCUT2D eigenvalue weighted by molar-refractivity contribution is 6.16. The Hall–Kier alpha value is -0.570. The summed E-state index contributed by atoms with van der Waals surface area (Å²) in [6, 6.07) is 0.452. The standard InChI is InChI=1S/C4H3ClFNO/c5-2-3-1-4(6)8-7-3/h1H,2H2. The molecule has 1 aromatic heterocycles. The molecule has 0 unspecified atom stereocenters. The summed E-state index contributed by atoms with van der Waals surface area (Å²) in [5.74, 6) is 0.188. The maximum Gasteiger partial charge on any atom is 0.306 e. The summed E-state index contributed by atoms with van der Waals surface area (Å²) in [6.45, 7) is 0. The number of alkyl halides is 1. The van der Waals surface area contributed by atoms with Crippen LogP contribution in [-0.4, -0.2) is 5.16 Å². The van der Waals surface area contributed by atoms with E-state index in [0.29, 0.717) is 5.69 Å². The van der Waals surface area contributed by atoms with Crippen molar-refractivity contribution in [3.05, 3.63) is 17.8 Å². The van der Waals surface area contributed by atoms with E-state index in [-0.39, 0.29) is 5.88 Å². The lowest BCUT2D eigenvalue weighted by Crippen LogP contribution is -1.70. The molecule has 0 aliphatic carbocycles. The SMILES string of the molecule is Fc1cc(CCl)no1. The molecule has 0 bridgehead atoms. The summed E-state index contributed by atoms with van der Waals surface area (Å²) < 4.78 is 15.9. The van der Waals surface area contributed by atoms with E-state index in [4.69, 9.17) is 11.6 Å². The summed E-state index contributed by atoms with van der Waals surface area (Å²) in [6.07, 6.45) is 0. The molecule has 44 valence electrons. The van der Waals surface area contributed by atoms with Crippen LogP contribution in [0.1, 0.15) is 5.69 Å². The van der Waals surface area contributed by atoms with Crippen LogP contribution in [0, 0.1) is 6.01 Å². The zero-order valence-electron chi connectivity index (χ0n) is 3.90. The fourth-order valence-corrected chi connectivity index (χ4v) is 0.475. The third-order valence-corrected chi connectivity index (χ3v) is 0.941. The highest BCUT2D eigenvalue weighted by atomic mass is 35.5. The van der Waals surface area contributed by atoms with Crippen LogP contribution in [0.25, 0.3) is 0 Å². The van der Waals surface area contributed by atoms with Gasteiger partial charge in [-0.15, -0.1) is 11.6 Å². The predicted octanol–water partition coefficient (Wildman–Crippen LogP) is 1.55. The first-order valence-corrected chi connectivity index (χ1v) is 2.53. The molecule has 0 radical (unpaired) electrons. The maximum atomic E-state index is 11.8. The lowest BCUT2D eigenvalue weighted by molar-refractivity contribution is 0.280. The molecule has 0 N–H and O–H groups in total. The quantitative estimate of drug-likeness (QED) is 0.546. The summed E-state index contributed by atoms with van der Waals surface area (Å²) in [5, 5.41) is 3.25. The monoisotopic (exact) mass is 135 g/mol. The highest BCUT2D eigenvalue weighted by Gasteiger charge is 1.98. The smallest absolute Gasteiger partial charge is 0.306 e. The average molecular weight is 136 g/mol. The number of hydrogen-bond donors (Lipinski definition) is 0. The average Bonchev–Trinajstić information content (AvgIpc) is 2.14. The van der Waals surface area contributed by atoms with Crippen molar-refractivity contribution in [2.45, 2.75) is 5.88 Å². The van der Waals surface area contributed by atoms with Crippen molar-refractivity contribution < 1.29 is 8.91 Å². The second kappa shape index (κ2) is 2.13. The topological polar surface area (TPSA) is 26.0 Å². The first kappa shape index (κ1) is 5.56. The Labute approximate surface area is 50.2 Å². The molecule has 0 aliphatic rings. The van der Waals surface area contributed by atoms with Gasteiger partial charge in [-0.2, -0.15) is 4.39 Å². The van der Waals surface area contributed by atoms with Gasteiger partial charge in [-0.05, 0) is 0 Å². The Morgan fingerprint density at radius 1 is 1.88 bits per heavy atom. The Kier molecular flexibility index (Phi) is 1.48. The van der Waals surface area contributed by atoms with Gasteiger partial charge < -0.3 is 4.52 Å². The number of nitrogens with zero attached hydrogens (tertiary/aromatic N) is 1. The summed E-state index contributed by atoms with van der Waals surface area (Å²) >= 11 is 5.25. The van der Waals surface area contributed by atoms with E-state index in [1.807, 2.05) is 0 Å². The van der Waals surface area contributed by atoms with Gasteiger partial charge in [0, 0.05) is 6.07 Å². The number of hydrogen-bond acceptors (Lipinski definition) is 2. The summed E-state index contributed by atoms with van der Waals surface area (Å²) in [4.78, 5) is 0. The van der Waals surface area contributed by atoms with Crippen molar-refractivity contribution in [3.8, 4) is 0 Å². The molecule has 2 nitrogen and oxygen atoms in total. The first-order valence-electron chi connectivity index (χ1n) is 2.00. The van der Waals surface area contributed by atoms with Gasteiger partial charge >= 0.3 is 6.01 Å². The molecule has 0 atom stereocenters. The molecule has 0 aliphatic heterocycles. The van der Waals surface area contributed by atoms with Crippen molar-refractivity contribution in [3.63, 3.8) is 0 Å². The van der Waals surface area contributed by atoms with Crippen LogP contribution in [0.5, 0.6) is 0 Å². The Bertz CT molecular complexity index is 176. The molecule has 1 heterocycles. The van der Waals surface area contributed by atoms with Crippen LogP contribution in [0.4, 0.5) is 4.39 Å². The van der Waals surface area contributed by atoms with Gasteiger partial charge in [-0.25, -0.2) is 0 Å². The number of aromatic nitrogens is 1. The molecule has 1 aromatic rings. The highest BCUT2D eigenvalue weighted by Crippen LogP contribution is 2.02. The second-order valence-electron chi connectivity index (χ2n) is 1.26. The maximum absolute atomic E-state index is 11.8. The van der Waals surface area contributed by atoms with Gasteiger partial charge in [0.1, 0.15) is 5.69 Å². The fraction of sp³-hybridized carbons (Fsp3) is 0.250. The third-order valence-electron chi connectivity index (χ3n) is 0.667. The zero-order valence-corrected chi connectivity index (χ0v) is 4.65. The summed E-state index contributed by atoms with van der Waals surface area (Å²) in [7, 11) is 0. The first-order chi connectivity index (χ1) is 3.83. The van der Waals surface area contributed by atoms with E-state index in [2.05, 4.69) is 9.68 Å². The van der Waals surface area contributed by atoms with Crippen molar-refractivity contribution in [1.82, 2.24) is 5.16 Å². The molecule has 0 saturated heterocycles. The van der Waals surface area contributed by atoms with Crippen LogP contribution in [-0.2, 0) is 5.88 Å². The molecule has 0 saturated carbocycles. The molecular weight excluding hydrogens is 133 g/mol. The van der Waals surface area contributed by atoms with Crippen molar-refractivity contribution >= 4 is 11.6 Å². The molecular formula is C4H3ClFNO. The largest absolute Gasteiger partial charge is 0.326 e. The van der Waals surface area contributed by atoms with Gasteiger partial charge in [-0.3, -0.25) is 0 Å². The molecule has 0 spiro atoms. The van der Waals surface area contributed by atoms with Crippen molar-refractivity contribution in [2.75, 3.05) is 0 Å². The minimum Gasteiger partial charge on any atom is -0.326 e. The van der Waals surface area contributed by atoms with Crippen LogP contribution in [0.2, 0.25) is 0 Å². The molecule has 0 aromatic carbocycles. The molecule has 0 fully saturated rings. The van der Waals surface area contributed by atoms with Gasteiger partial charge in [0.25, 0.3) is 0 Å². The third kappa shape index (κ3) is 0.980. The van der Waals surface area contributed by atoms with Crippen molar-refractivity contribution in [2.24, 2.45) is 0 Å². The van der Waals surface area contributed by atoms with Crippen molar-refractivity contribution in [1.29, 1.82) is 0 Å². The number of rotatable bonds is 1. The second-order valence-corrected chi connectivity index (χ2v) is 1.52. The lowest BCUT2D eigenvalue weighted by Gasteiger charge is -1.72. The molecule has 0 amide bonds. The molecule has 8 heavy (non-hydrogen) atoms. The van der Waals surface area contributed by atoms with Crippen LogP contribution in [0.3, 0.4) is 0 Å². The van der Waals surface area contributed by atoms with E-state index in [1.54, 1.807) is 0 Å².